The van der Waals surface area contributed by atoms with Gasteiger partial charge in [-0.25, -0.2) is 9.59 Å². The van der Waals surface area contributed by atoms with Crippen molar-refractivity contribution >= 4 is 26.0 Å². The molecule has 44 heavy (non-hydrogen) atoms. The van der Waals surface area contributed by atoms with E-state index in [1.165, 1.54) is 16.8 Å². The Balaban J connectivity index is 1.58. The third-order valence-corrected chi connectivity index (χ3v) is 14.3. The van der Waals surface area contributed by atoms with Crippen molar-refractivity contribution in [3.8, 4) is 0 Å². The van der Waals surface area contributed by atoms with Crippen LogP contribution >= 0.6 is 0 Å². The largest absolute Gasteiger partial charge is 0.459 e. The predicted octanol–water partition coefficient (Wildman–Crippen LogP) is 5.83. The first-order valence-corrected chi connectivity index (χ1v) is 17.2. The summed E-state index contributed by atoms with van der Waals surface area (Å²) in [6, 6.07) is 18.9. The number of rotatable bonds is 12. The monoisotopic (exact) mass is 621 g/mol. The number of aromatic nitrogens is 2. The summed E-state index contributed by atoms with van der Waals surface area (Å²) < 4.78 is 26.6. The van der Waals surface area contributed by atoms with E-state index in [0.29, 0.717) is 27.8 Å². The topological polar surface area (TPSA) is 118 Å². The molecule has 1 aromatic heterocycles. The third kappa shape index (κ3) is 7.52. The molecule has 1 saturated heterocycles. The highest BCUT2D eigenvalue weighted by Crippen LogP contribution is 2.43. The van der Waals surface area contributed by atoms with Crippen LogP contribution in [0.4, 0.5) is 5.82 Å². The van der Waals surface area contributed by atoms with Gasteiger partial charge in [0.25, 0.3) is 5.91 Å². The molecule has 3 aromatic rings. The fourth-order valence-electron chi connectivity index (χ4n) is 6.12. The SMILES string of the molecule is CC(C)[Si](OC[C@@]1(COC(=O)c2ccccc2)COC[C@H](n2ccc(NC(=O)c3ccccc3)nc2=O)O1)(C(C)C)C(C)C. The molecule has 1 aliphatic rings. The van der Waals surface area contributed by atoms with E-state index in [1.807, 2.05) is 12.1 Å². The molecule has 0 aliphatic carbocycles. The highest BCUT2D eigenvalue weighted by atomic mass is 28.4. The van der Waals surface area contributed by atoms with Crippen molar-refractivity contribution < 1.29 is 28.2 Å². The molecule has 0 saturated carbocycles. The van der Waals surface area contributed by atoms with Crippen molar-refractivity contribution in [3.63, 3.8) is 0 Å². The second-order valence-electron chi connectivity index (χ2n) is 12.1. The summed E-state index contributed by atoms with van der Waals surface area (Å²) in [7, 11) is -2.34. The van der Waals surface area contributed by atoms with E-state index in [-0.39, 0.29) is 38.2 Å². The standard InChI is InChI=1S/C33H43N3O7Si/c1-23(2)44(24(3)4,25(5)6)42-22-33(21-41-31(38)27-15-11-8-12-16-27)20-40-19-29(43-33)36-18-17-28(35-32(36)39)34-30(37)26-13-9-7-10-14-26/h7-18,23-25,29H,19-22H2,1-6H3,(H,34,35,37,39)/t29-,33+/m1/s1. The van der Waals surface area contributed by atoms with Gasteiger partial charge in [0, 0.05) is 11.8 Å². The van der Waals surface area contributed by atoms with E-state index in [9.17, 15) is 14.4 Å². The van der Waals surface area contributed by atoms with E-state index in [1.54, 1.807) is 48.5 Å². The molecule has 2 heterocycles. The molecule has 1 fully saturated rings. The number of anilines is 1. The van der Waals surface area contributed by atoms with Gasteiger partial charge in [-0.2, -0.15) is 4.98 Å². The molecule has 236 valence electrons. The van der Waals surface area contributed by atoms with E-state index < -0.39 is 31.8 Å². The van der Waals surface area contributed by atoms with Gasteiger partial charge in [-0.1, -0.05) is 77.9 Å². The summed E-state index contributed by atoms with van der Waals surface area (Å²) in [5.74, 6) is -0.755. The van der Waals surface area contributed by atoms with Gasteiger partial charge in [0.2, 0.25) is 0 Å². The summed E-state index contributed by atoms with van der Waals surface area (Å²) >= 11 is 0. The molecule has 1 amide bonds. The van der Waals surface area contributed by atoms with Crippen molar-refractivity contribution in [2.45, 2.75) is 70.0 Å². The van der Waals surface area contributed by atoms with E-state index >= 15 is 0 Å². The summed E-state index contributed by atoms with van der Waals surface area (Å²) in [4.78, 5) is 42.7. The minimum absolute atomic E-state index is 0.0762. The zero-order chi connectivity index (χ0) is 31.9. The molecule has 0 bridgehead atoms. The van der Waals surface area contributed by atoms with Crippen molar-refractivity contribution in [2.75, 3.05) is 31.7 Å². The number of esters is 1. The molecular formula is C33H43N3O7Si. The Hall–Kier alpha value is -3.64. The minimum Gasteiger partial charge on any atom is -0.459 e. The van der Waals surface area contributed by atoms with Gasteiger partial charge in [0.05, 0.1) is 25.4 Å². The number of ether oxygens (including phenoxy) is 3. The Morgan fingerprint density at radius 3 is 2.09 bits per heavy atom. The van der Waals surface area contributed by atoms with E-state index in [4.69, 9.17) is 18.6 Å². The predicted molar refractivity (Wildman–Crippen MR) is 170 cm³/mol. The molecule has 0 spiro atoms. The van der Waals surface area contributed by atoms with E-state index in [0.717, 1.165) is 0 Å². The first kappa shape index (κ1) is 33.3. The number of carbonyl (C=O) groups excluding carboxylic acids is 2. The van der Waals surface area contributed by atoms with Crippen LogP contribution < -0.4 is 11.0 Å². The number of nitrogens with zero attached hydrogens (tertiary/aromatic N) is 2. The van der Waals surface area contributed by atoms with Crippen LogP contribution in [0.3, 0.4) is 0 Å². The molecule has 4 rings (SSSR count). The first-order valence-electron chi connectivity index (χ1n) is 15.0. The van der Waals surface area contributed by atoms with Crippen molar-refractivity contribution in [3.05, 3.63) is 94.5 Å². The average Bonchev–Trinajstić information content (AvgIpc) is 3.01. The van der Waals surface area contributed by atoms with Crippen molar-refractivity contribution in [1.82, 2.24) is 9.55 Å². The highest BCUT2D eigenvalue weighted by molar-refractivity contribution is 6.77. The van der Waals surface area contributed by atoms with Crippen LogP contribution in [-0.2, 0) is 18.6 Å². The lowest BCUT2D eigenvalue weighted by Gasteiger charge is -2.46. The number of amides is 1. The van der Waals surface area contributed by atoms with E-state index in [2.05, 4.69) is 51.8 Å². The maximum absolute atomic E-state index is 13.2. The lowest BCUT2D eigenvalue weighted by molar-refractivity contribution is -0.247. The van der Waals surface area contributed by atoms with Gasteiger partial charge >= 0.3 is 11.7 Å². The van der Waals surface area contributed by atoms with Crippen LogP contribution in [0, 0.1) is 0 Å². The molecule has 0 unspecified atom stereocenters. The summed E-state index contributed by atoms with van der Waals surface area (Å²) in [5.41, 5.74) is 0.00952. The molecule has 10 nitrogen and oxygen atoms in total. The molecule has 11 heteroatoms. The van der Waals surface area contributed by atoms with Gasteiger partial charge in [-0.05, 0) is 47.0 Å². The summed E-state index contributed by atoms with van der Waals surface area (Å²) in [6.07, 6.45) is 0.640. The molecule has 1 aliphatic heterocycles. The minimum atomic E-state index is -2.34. The zero-order valence-electron chi connectivity index (χ0n) is 26.3. The number of benzene rings is 2. The second kappa shape index (κ2) is 14.4. The molecule has 0 radical (unpaired) electrons. The van der Waals surface area contributed by atoms with Gasteiger partial charge in [-0.15, -0.1) is 0 Å². The Labute approximate surface area is 259 Å². The van der Waals surface area contributed by atoms with Gasteiger partial charge in [-0.3, -0.25) is 9.36 Å². The molecule has 2 atom stereocenters. The smallest absolute Gasteiger partial charge is 0.351 e. The first-order chi connectivity index (χ1) is 21.0. The Kier molecular flexibility index (Phi) is 10.9. The van der Waals surface area contributed by atoms with Crippen LogP contribution in [0.25, 0.3) is 0 Å². The normalized spacial score (nSPS) is 18.9. The fourth-order valence-corrected chi connectivity index (χ4v) is 11.6. The van der Waals surface area contributed by atoms with Crippen molar-refractivity contribution in [1.29, 1.82) is 0 Å². The number of carbonyl (C=O) groups is 2. The number of hydrogen-bond acceptors (Lipinski definition) is 8. The fraction of sp³-hybridized carbons (Fsp3) is 0.455. The van der Waals surface area contributed by atoms with Crippen LogP contribution in [0.2, 0.25) is 16.6 Å². The number of hydrogen-bond donors (Lipinski definition) is 1. The summed E-state index contributed by atoms with van der Waals surface area (Å²) in [6.45, 7) is 13.3. The van der Waals surface area contributed by atoms with Crippen LogP contribution in [0.1, 0.15) is 68.5 Å². The molecule has 1 N–H and O–H groups in total. The Morgan fingerprint density at radius 1 is 0.932 bits per heavy atom. The summed E-state index contributed by atoms with van der Waals surface area (Å²) in [5, 5.41) is 2.65. The number of nitrogens with one attached hydrogen (secondary N) is 1. The maximum Gasteiger partial charge on any atom is 0.351 e. The quantitative estimate of drug-likeness (QED) is 0.198. The maximum atomic E-state index is 13.2. The van der Waals surface area contributed by atoms with Gasteiger partial charge in [0.1, 0.15) is 18.0 Å². The Bertz CT molecular complexity index is 1440. The van der Waals surface area contributed by atoms with Crippen LogP contribution in [0.15, 0.2) is 77.7 Å². The molecule has 2 aromatic carbocycles. The highest BCUT2D eigenvalue weighted by Gasteiger charge is 2.49. The molecular weight excluding hydrogens is 578 g/mol. The van der Waals surface area contributed by atoms with Crippen molar-refractivity contribution in [2.24, 2.45) is 0 Å². The average molecular weight is 622 g/mol. The second-order valence-corrected chi connectivity index (χ2v) is 17.6. The lowest BCUT2D eigenvalue weighted by atomic mass is 10.1. The zero-order valence-corrected chi connectivity index (χ0v) is 27.3. The van der Waals surface area contributed by atoms with Crippen LogP contribution in [0.5, 0.6) is 0 Å². The van der Waals surface area contributed by atoms with Gasteiger partial charge in [0.15, 0.2) is 14.5 Å². The van der Waals surface area contributed by atoms with Gasteiger partial charge < -0.3 is 24.0 Å². The third-order valence-electron chi connectivity index (χ3n) is 8.20. The lowest BCUT2D eigenvalue weighted by Crippen LogP contribution is -2.58. The Morgan fingerprint density at radius 2 is 1.52 bits per heavy atom. The van der Waals surface area contributed by atoms with Crippen LogP contribution in [-0.4, -0.2) is 61.8 Å².